The number of anilines is 2. The fourth-order valence-corrected chi connectivity index (χ4v) is 3.66. The molecule has 1 amide bonds. The van der Waals surface area contributed by atoms with Crippen LogP contribution in [-0.2, 0) is 11.3 Å². The number of nitrogens with zero attached hydrogens (tertiary/aromatic N) is 3. The zero-order valence-electron chi connectivity index (χ0n) is 16.3. The number of amides is 1. The summed E-state index contributed by atoms with van der Waals surface area (Å²) in [7, 11) is 0. The van der Waals surface area contributed by atoms with E-state index in [0.29, 0.717) is 23.9 Å². The fraction of sp³-hybridized carbons (Fsp3) is 0.476. The average Bonchev–Trinajstić information content (AvgIpc) is 2.72. The first-order valence-corrected chi connectivity index (χ1v) is 10.3. The number of benzene rings is 1. The molecule has 0 radical (unpaired) electrons. The Morgan fingerprint density at radius 3 is 2.89 bits per heavy atom. The molecule has 1 aromatic heterocycles. The van der Waals surface area contributed by atoms with Gasteiger partial charge in [-0.2, -0.15) is 0 Å². The smallest absolute Gasteiger partial charge is 0.220 e. The molecule has 1 aliphatic rings. The zero-order valence-corrected chi connectivity index (χ0v) is 17.1. The molecule has 2 N–H and O–H groups in total. The molecule has 28 heavy (non-hydrogen) atoms. The Bertz CT molecular complexity index is 768. The molecule has 0 saturated carbocycles. The third kappa shape index (κ3) is 6.09. The van der Waals surface area contributed by atoms with Gasteiger partial charge < -0.3 is 15.5 Å². The van der Waals surface area contributed by atoms with Gasteiger partial charge in [-0.1, -0.05) is 23.7 Å². The van der Waals surface area contributed by atoms with Crippen LogP contribution in [0.4, 0.5) is 11.6 Å². The summed E-state index contributed by atoms with van der Waals surface area (Å²) in [6.45, 7) is 5.37. The van der Waals surface area contributed by atoms with Crippen molar-refractivity contribution in [1.82, 2.24) is 15.3 Å². The third-order valence-corrected chi connectivity index (χ3v) is 5.29. The number of aromatic nitrogens is 2. The van der Waals surface area contributed by atoms with Gasteiger partial charge in [0.2, 0.25) is 5.91 Å². The lowest BCUT2D eigenvalue weighted by molar-refractivity contribution is -0.121. The van der Waals surface area contributed by atoms with Crippen LogP contribution >= 0.6 is 11.6 Å². The molecule has 2 heterocycles. The number of carbonyl (C=O) groups excluding carboxylic acids is 1. The second-order valence-corrected chi connectivity index (χ2v) is 7.62. The van der Waals surface area contributed by atoms with Crippen molar-refractivity contribution in [3.05, 3.63) is 47.2 Å². The molecule has 1 aromatic carbocycles. The molecule has 6 nitrogen and oxygen atoms in total. The predicted molar refractivity (Wildman–Crippen MR) is 114 cm³/mol. The Kier molecular flexibility index (Phi) is 7.48. The van der Waals surface area contributed by atoms with Gasteiger partial charge in [-0.05, 0) is 49.8 Å². The highest BCUT2D eigenvalue weighted by atomic mass is 35.5. The maximum atomic E-state index is 12.2. The summed E-state index contributed by atoms with van der Waals surface area (Å²) >= 11 is 5.89. The van der Waals surface area contributed by atoms with Crippen molar-refractivity contribution in [3.8, 4) is 0 Å². The van der Waals surface area contributed by atoms with Crippen LogP contribution in [0, 0.1) is 5.92 Å². The van der Waals surface area contributed by atoms with Gasteiger partial charge in [0, 0.05) is 43.7 Å². The molecule has 1 aliphatic heterocycles. The van der Waals surface area contributed by atoms with Crippen molar-refractivity contribution >= 4 is 29.1 Å². The summed E-state index contributed by atoms with van der Waals surface area (Å²) in [6, 6.07) is 9.56. The number of nitrogens with one attached hydrogen (secondary N) is 2. The van der Waals surface area contributed by atoms with Gasteiger partial charge >= 0.3 is 0 Å². The van der Waals surface area contributed by atoms with Crippen LogP contribution in [0.15, 0.2) is 36.7 Å². The van der Waals surface area contributed by atoms with E-state index in [1.807, 2.05) is 30.3 Å². The van der Waals surface area contributed by atoms with Crippen LogP contribution in [0.5, 0.6) is 0 Å². The van der Waals surface area contributed by atoms with Crippen molar-refractivity contribution in [2.45, 2.75) is 39.2 Å². The van der Waals surface area contributed by atoms with Gasteiger partial charge in [-0.3, -0.25) is 4.79 Å². The van der Waals surface area contributed by atoms with E-state index in [0.717, 1.165) is 56.1 Å². The highest BCUT2D eigenvalue weighted by Crippen LogP contribution is 2.25. The van der Waals surface area contributed by atoms with Gasteiger partial charge in [-0.15, -0.1) is 0 Å². The molecule has 0 spiro atoms. The number of hydrogen-bond acceptors (Lipinski definition) is 5. The number of rotatable bonds is 8. The van der Waals surface area contributed by atoms with E-state index in [1.165, 1.54) is 0 Å². The molecule has 2 aromatic rings. The molecule has 1 atom stereocenters. The molecular weight excluding hydrogens is 374 g/mol. The van der Waals surface area contributed by atoms with Gasteiger partial charge in [-0.25, -0.2) is 9.97 Å². The minimum absolute atomic E-state index is 0.101. The summed E-state index contributed by atoms with van der Waals surface area (Å²) in [6.07, 6.45) is 5.34. The SMILES string of the molecule is CCNc1cc(N2CCC[C@H](CCC(=O)NCc3ccc(Cl)cc3)C2)ncn1. The molecule has 7 heteroatoms. The van der Waals surface area contributed by atoms with Gasteiger partial charge in [0.25, 0.3) is 0 Å². The largest absolute Gasteiger partial charge is 0.370 e. The van der Waals surface area contributed by atoms with Crippen LogP contribution in [0.25, 0.3) is 0 Å². The van der Waals surface area contributed by atoms with E-state index >= 15 is 0 Å². The predicted octanol–water partition coefficient (Wildman–Crippen LogP) is 3.87. The van der Waals surface area contributed by atoms with Gasteiger partial charge in [0.05, 0.1) is 0 Å². The van der Waals surface area contributed by atoms with Crippen LogP contribution in [0.2, 0.25) is 5.02 Å². The Labute approximate surface area is 171 Å². The third-order valence-electron chi connectivity index (χ3n) is 5.04. The van der Waals surface area contributed by atoms with E-state index < -0.39 is 0 Å². The first-order valence-electron chi connectivity index (χ1n) is 9.96. The second-order valence-electron chi connectivity index (χ2n) is 7.19. The van der Waals surface area contributed by atoms with Crippen molar-refractivity contribution in [1.29, 1.82) is 0 Å². The van der Waals surface area contributed by atoms with E-state index in [2.05, 4.69) is 32.4 Å². The number of piperidine rings is 1. The van der Waals surface area contributed by atoms with E-state index in [-0.39, 0.29) is 5.91 Å². The lowest BCUT2D eigenvalue weighted by Crippen LogP contribution is -2.36. The summed E-state index contributed by atoms with van der Waals surface area (Å²) < 4.78 is 0. The highest BCUT2D eigenvalue weighted by molar-refractivity contribution is 6.30. The van der Waals surface area contributed by atoms with E-state index in [1.54, 1.807) is 6.33 Å². The second kappa shape index (κ2) is 10.3. The monoisotopic (exact) mass is 401 g/mol. The van der Waals surface area contributed by atoms with E-state index in [9.17, 15) is 4.79 Å². The number of carbonyl (C=O) groups is 1. The van der Waals surface area contributed by atoms with E-state index in [4.69, 9.17) is 11.6 Å². The maximum Gasteiger partial charge on any atom is 0.220 e. The molecule has 1 saturated heterocycles. The average molecular weight is 402 g/mol. The van der Waals surface area contributed by atoms with Crippen molar-refractivity contribution in [2.24, 2.45) is 5.92 Å². The maximum absolute atomic E-state index is 12.2. The molecule has 3 rings (SSSR count). The molecule has 0 unspecified atom stereocenters. The summed E-state index contributed by atoms with van der Waals surface area (Å²) in [5, 5.41) is 6.94. The first kappa shape index (κ1) is 20.4. The lowest BCUT2D eigenvalue weighted by Gasteiger charge is -2.33. The lowest BCUT2D eigenvalue weighted by atomic mass is 9.93. The Balaban J connectivity index is 1.45. The zero-order chi connectivity index (χ0) is 19.8. The molecule has 0 bridgehead atoms. The Hall–Kier alpha value is -2.34. The van der Waals surface area contributed by atoms with Crippen LogP contribution in [-0.4, -0.2) is 35.5 Å². The first-order chi connectivity index (χ1) is 13.6. The molecular formula is C21H28ClN5O. The summed E-state index contributed by atoms with van der Waals surface area (Å²) in [4.78, 5) is 23.2. The summed E-state index contributed by atoms with van der Waals surface area (Å²) in [5.74, 6) is 2.43. The van der Waals surface area contributed by atoms with Crippen LogP contribution < -0.4 is 15.5 Å². The Morgan fingerprint density at radius 2 is 2.11 bits per heavy atom. The molecule has 150 valence electrons. The topological polar surface area (TPSA) is 70.2 Å². The van der Waals surface area contributed by atoms with Crippen LogP contribution in [0.1, 0.15) is 38.2 Å². The summed E-state index contributed by atoms with van der Waals surface area (Å²) in [5.41, 5.74) is 1.06. The fourth-order valence-electron chi connectivity index (χ4n) is 3.53. The minimum Gasteiger partial charge on any atom is -0.370 e. The van der Waals surface area contributed by atoms with Crippen LogP contribution in [0.3, 0.4) is 0 Å². The highest BCUT2D eigenvalue weighted by Gasteiger charge is 2.22. The molecule has 1 fully saturated rings. The molecule has 0 aliphatic carbocycles. The quantitative estimate of drug-likeness (QED) is 0.702. The van der Waals surface area contributed by atoms with Gasteiger partial charge in [0.15, 0.2) is 0 Å². The van der Waals surface area contributed by atoms with Crippen molar-refractivity contribution in [2.75, 3.05) is 29.9 Å². The van der Waals surface area contributed by atoms with Gasteiger partial charge in [0.1, 0.15) is 18.0 Å². The standard InChI is InChI=1S/C21H28ClN5O/c1-2-23-19-12-20(26-15-25-19)27-11-3-4-17(14-27)7-10-21(28)24-13-16-5-8-18(22)9-6-16/h5-6,8-9,12,15,17H,2-4,7,10-11,13-14H2,1H3,(H,24,28)(H,23,25,26)/t17-/m1/s1. The van der Waals surface area contributed by atoms with Crippen molar-refractivity contribution in [3.63, 3.8) is 0 Å². The number of hydrogen-bond donors (Lipinski definition) is 2. The normalized spacial score (nSPS) is 16.6. The minimum atomic E-state index is 0.101. The Morgan fingerprint density at radius 1 is 1.29 bits per heavy atom. The van der Waals surface area contributed by atoms with Crippen molar-refractivity contribution < 1.29 is 4.79 Å². The number of halogens is 1.